The molecular weight excluding hydrogens is 290 g/mol. The summed E-state index contributed by atoms with van der Waals surface area (Å²) in [6.07, 6.45) is 2.06. The highest BCUT2D eigenvalue weighted by Gasteiger charge is 2.14. The van der Waals surface area contributed by atoms with Crippen molar-refractivity contribution >= 4 is 21.5 Å². The molecule has 0 saturated carbocycles. The number of nitrogens with one attached hydrogen (secondary N) is 1. The molecule has 0 atom stereocenters. The lowest BCUT2D eigenvalue weighted by atomic mass is 9.94. The van der Waals surface area contributed by atoms with Crippen molar-refractivity contribution in [2.75, 3.05) is 0 Å². The molecule has 1 heterocycles. The number of benzene rings is 3. The summed E-state index contributed by atoms with van der Waals surface area (Å²) < 4.78 is 0. The number of H-pyrrole nitrogens is 1. The maximum Gasteiger partial charge on any atom is 0.218 e. The van der Waals surface area contributed by atoms with Gasteiger partial charge in [-0.1, -0.05) is 24.3 Å². The van der Waals surface area contributed by atoms with Crippen molar-refractivity contribution in [2.45, 2.75) is 27.7 Å². The van der Waals surface area contributed by atoms with E-state index in [1.54, 1.807) is 0 Å². The van der Waals surface area contributed by atoms with E-state index in [-0.39, 0.29) is 0 Å². The van der Waals surface area contributed by atoms with E-state index in [1.165, 1.54) is 55.1 Å². The standard InChI is InChI=1S/C23H21N/c1-14-5-7-18(13-16(14)3)23-22-10-9-19-17(4)15(2)6-8-20(19)21(22)11-12-24-23/h5-13H,1-4H3/p+1. The average Bonchev–Trinajstić information content (AvgIpc) is 2.59. The van der Waals surface area contributed by atoms with Gasteiger partial charge in [0.15, 0.2) is 6.20 Å². The fraction of sp³-hybridized carbons (Fsp3) is 0.174. The number of aromatic amines is 1. The van der Waals surface area contributed by atoms with Crippen molar-refractivity contribution in [1.29, 1.82) is 0 Å². The second-order valence-electron chi connectivity index (χ2n) is 6.78. The van der Waals surface area contributed by atoms with Crippen LogP contribution in [-0.2, 0) is 0 Å². The Bertz CT molecular complexity index is 1090. The number of rotatable bonds is 1. The van der Waals surface area contributed by atoms with Gasteiger partial charge in [0, 0.05) is 17.0 Å². The topological polar surface area (TPSA) is 14.1 Å². The maximum atomic E-state index is 3.47. The van der Waals surface area contributed by atoms with Crippen molar-refractivity contribution in [1.82, 2.24) is 0 Å². The lowest BCUT2D eigenvalue weighted by Crippen LogP contribution is -2.06. The van der Waals surface area contributed by atoms with Crippen LogP contribution in [0.15, 0.2) is 54.7 Å². The summed E-state index contributed by atoms with van der Waals surface area (Å²) in [7, 11) is 0. The molecule has 0 bridgehead atoms. The van der Waals surface area contributed by atoms with Crippen LogP contribution < -0.4 is 4.98 Å². The summed E-state index contributed by atoms with van der Waals surface area (Å²) in [6, 6.07) is 17.9. The van der Waals surface area contributed by atoms with Gasteiger partial charge in [-0.3, -0.25) is 0 Å². The predicted molar refractivity (Wildman–Crippen MR) is 102 cm³/mol. The highest BCUT2D eigenvalue weighted by molar-refractivity contribution is 6.11. The third-order valence-corrected chi connectivity index (χ3v) is 5.33. The van der Waals surface area contributed by atoms with Gasteiger partial charge in [-0.05, 0) is 78.9 Å². The van der Waals surface area contributed by atoms with Crippen LogP contribution in [0.5, 0.6) is 0 Å². The van der Waals surface area contributed by atoms with Gasteiger partial charge in [0.05, 0.1) is 5.39 Å². The smallest absolute Gasteiger partial charge is 0.211 e. The number of fused-ring (bicyclic) bond motifs is 3. The first-order valence-electron chi connectivity index (χ1n) is 8.47. The second kappa shape index (κ2) is 5.45. The average molecular weight is 312 g/mol. The van der Waals surface area contributed by atoms with Gasteiger partial charge >= 0.3 is 0 Å². The molecule has 0 unspecified atom stereocenters. The molecular formula is C23H22N+. The van der Waals surface area contributed by atoms with E-state index < -0.39 is 0 Å². The Morgan fingerprint density at radius 1 is 0.583 bits per heavy atom. The first kappa shape index (κ1) is 14.9. The molecule has 0 radical (unpaired) electrons. The minimum atomic E-state index is 1.19. The maximum absolute atomic E-state index is 3.47. The molecule has 0 fully saturated rings. The van der Waals surface area contributed by atoms with E-state index in [0.29, 0.717) is 0 Å². The summed E-state index contributed by atoms with van der Waals surface area (Å²) in [6.45, 7) is 8.72. The number of pyridine rings is 1. The van der Waals surface area contributed by atoms with Crippen LogP contribution in [0.3, 0.4) is 0 Å². The van der Waals surface area contributed by atoms with Crippen LogP contribution >= 0.6 is 0 Å². The summed E-state index contributed by atoms with van der Waals surface area (Å²) in [5.41, 5.74) is 7.80. The quantitative estimate of drug-likeness (QED) is 0.400. The van der Waals surface area contributed by atoms with Gasteiger partial charge in [0.25, 0.3) is 0 Å². The largest absolute Gasteiger partial charge is 0.218 e. The van der Waals surface area contributed by atoms with Gasteiger partial charge < -0.3 is 0 Å². The number of hydrogen-bond donors (Lipinski definition) is 0. The third-order valence-electron chi connectivity index (χ3n) is 5.33. The molecule has 1 N–H and O–H groups in total. The van der Waals surface area contributed by atoms with Gasteiger partial charge in [0.2, 0.25) is 5.69 Å². The van der Waals surface area contributed by atoms with Gasteiger partial charge in [-0.15, -0.1) is 0 Å². The molecule has 3 aromatic carbocycles. The summed E-state index contributed by atoms with van der Waals surface area (Å²) in [5, 5.41) is 5.26. The molecule has 4 rings (SSSR count). The molecule has 0 spiro atoms. The Morgan fingerprint density at radius 3 is 2.04 bits per heavy atom. The van der Waals surface area contributed by atoms with Crippen LogP contribution in [0, 0.1) is 27.7 Å². The van der Waals surface area contributed by atoms with E-state index in [4.69, 9.17) is 0 Å². The van der Waals surface area contributed by atoms with Gasteiger partial charge in [-0.2, -0.15) is 0 Å². The Balaban J connectivity index is 2.06. The highest BCUT2D eigenvalue weighted by Crippen LogP contribution is 2.32. The SMILES string of the molecule is Cc1ccc(-c2[nH+]ccc3c2ccc2c(C)c(C)ccc23)cc1C. The van der Waals surface area contributed by atoms with E-state index in [0.717, 1.165) is 0 Å². The van der Waals surface area contributed by atoms with Crippen LogP contribution in [0.1, 0.15) is 22.3 Å². The Kier molecular flexibility index (Phi) is 3.38. The lowest BCUT2D eigenvalue weighted by Gasteiger charge is -2.10. The number of hydrogen-bond acceptors (Lipinski definition) is 0. The predicted octanol–water partition coefficient (Wildman–Crippen LogP) is 5.71. The zero-order valence-corrected chi connectivity index (χ0v) is 14.7. The normalized spacial score (nSPS) is 11.3. The zero-order chi connectivity index (χ0) is 16.8. The van der Waals surface area contributed by atoms with Gasteiger partial charge in [0.1, 0.15) is 0 Å². The van der Waals surface area contributed by atoms with E-state index in [1.807, 2.05) is 0 Å². The van der Waals surface area contributed by atoms with E-state index in [2.05, 4.69) is 87.4 Å². The Labute approximate surface area is 143 Å². The first-order chi connectivity index (χ1) is 11.6. The number of aryl methyl sites for hydroxylation is 4. The molecule has 24 heavy (non-hydrogen) atoms. The lowest BCUT2D eigenvalue weighted by molar-refractivity contribution is -0.362. The molecule has 0 aliphatic heterocycles. The molecule has 4 aromatic rings. The summed E-state index contributed by atoms with van der Waals surface area (Å²) in [4.78, 5) is 3.47. The number of aromatic nitrogens is 1. The van der Waals surface area contributed by atoms with Crippen molar-refractivity contribution < 1.29 is 4.98 Å². The van der Waals surface area contributed by atoms with Crippen molar-refractivity contribution in [3.8, 4) is 11.3 Å². The molecule has 0 aliphatic rings. The Hall–Kier alpha value is -2.67. The molecule has 0 amide bonds. The van der Waals surface area contributed by atoms with Crippen molar-refractivity contribution in [3.63, 3.8) is 0 Å². The Morgan fingerprint density at radius 2 is 1.25 bits per heavy atom. The van der Waals surface area contributed by atoms with Crippen LogP contribution in [0.4, 0.5) is 0 Å². The summed E-state index contributed by atoms with van der Waals surface area (Å²) in [5.74, 6) is 0. The van der Waals surface area contributed by atoms with E-state index >= 15 is 0 Å². The van der Waals surface area contributed by atoms with Crippen LogP contribution in [0.25, 0.3) is 32.8 Å². The fourth-order valence-corrected chi connectivity index (χ4v) is 3.51. The van der Waals surface area contributed by atoms with Crippen LogP contribution in [-0.4, -0.2) is 0 Å². The highest BCUT2D eigenvalue weighted by atomic mass is 14.7. The second-order valence-corrected chi connectivity index (χ2v) is 6.78. The molecule has 118 valence electrons. The van der Waals surface area contributed by atoms with Gasteiger partial charge in [-0.25, -0.2) is 4.98 Å². The minimum Gasteiger partial charge on any atom is -0.211 e. The molecule has 1 heteroatoms. The molecule has 0 aliphatic carbocycles. The van der Waals surface area contributed by atoms with E-state index in [9.17, 15) is 0 Å². The molecule has 1 aromatic heterocycles. The van der Waals surface area contributed by atoms with Crippen molar-refractivity contribution in [2.24, 2.45) is 0 Å². The van der Waals surface area contributed by atoms with Crippen molar-refractivity contribution in [3.05, 3.63) is 77.0 Å². The summed E-state index contributed by atoms with van der Waals surface area (Å²) >= 11 is 0. The molecule has 0 saturated heterocycles. The molecule has 1 nitrogen and oxygen atoms in total. The minimum absolute atomic E-state index is 1.19. The third kappa shape index (κ3) is 2.20. The fourth-order valence-electron chi connectivity index (χ4n) is 3.51. The zero-order valence-electron chi connectivity index (χ0n) is 14.7. The first-order valence-corrected chi connectivity index (χ1v) is 8.47. The monoisotopic (exact) mass is 312 g/mol. The van der Waals surface area contributed by atoms with Crippen LogP contribution in [0.2, 0.25) is 0 Å².